The van der Waals surface area contributed by atoms with Crippen molar-refractivity contribution in [2.45, 2.75) is 50.3 Å². The standard InChI is InChI=1S/C32H34N4O8/c1-40-23-14-12-22(13-15-23)19-43-29-27(36-30(38)24-10-5-6-11-25(24)31(36)39)32(42-17-7-16-34-35-33)44-26(28(29)37)20-41-18-21-8-3-2-4-9-21/h2-6,8-15,26-29,32,37H,7,16-20H2,1H3/t26-,27-,28-,29-,32-/m1/s1. The molecule has 0 aromatic heterocycles. The number of fused-ring (bicyclic) bond motifs is 1. The van der Waals surface area contributed by atoms with Crippen LogP contribution in [0.1, 0.15) is 38.3 Å². The zero-order chi connectivity index (χ0) is 30.9. The van der Waals surface area contributed by atoms with Gasteiger partial charge in [-0.05, 0) is 47.3 Å². The Morgan fingerprint density at radius 2 is 1.57 bits per heavy atom. The van der Waals surface area contributed by atoms with Crippen LogP contribution in [0.25, 0.3) is 10.4 Å². The van der Waals surface area contributed by atoms with E-state index in [1.807, 2.05) is 42.5 Å². The summed E-state index contributed by atoms with van der Waals surface area (Å²) in [6.45, 7) is 0.621. The third kappa shape index (κ3) is 7.08. The minimum absolute atomic E-state index is 0.00805. The lowest BCUT2D eigenvalue weighted by molar-refractivity contribution is -0.290. The molecule has 0 aliphatic carbocycles. The van der Waals surface area contributed by atoms with Crippen molar-refractivity contribution in [3.63, 3.8) is 0 Å². The third-order valence-electron chi connectivity index (χ3n) is 7.51. The highest BCUT2D eigenvalue weighted by atomic mass is 16.7. The Morgan fingerprint density at radius 3 is 2.23 bits per heavy atom. The molecule has 2 heterocycles. The predicted octanol–water partition coefficient (Wildman–Crippen LogP) is 4.26. The highest BCUT2D eigenvalue weighted by Crippen LogP contribution is 2.35. The molecule has 44 heavy (non-hydrogen) atoms. The molecule has 5 rings (SSSR count). The van der Waals surface area contributed by atoms with E-state index in [9.17, 15) is 14.7 Å². The van der Waals surface area contributed by atoms with Gasteiger partial charge >= 0.3 is 0 Å². The van der Waals surface area contributed by atoms with E-state index in [0.29, 0.717) is 12.2 Å². The van der Waals surface area contributed by atoms with Crippen molar-refractivity contribution in [2.24, 2.45) is 5.11 Å². The maximum absolute atomic E-state index is 13.6. The molecule has 12 nitrogen and oxygen atoms in total. The summed E-state index contributed by atoms with van der Waals surface area (Å²) < 4.78 is 29.8. The van der Waals surface area contributed by atoms with Gasteiger partial charge < -0.3 is 28.8 Å². The number of hydrogen-bond acceptors (Lipinski definition) is 9. The molecule has 0 bridgehead atoms. The number of methoxy groups -OCH3 is 1. The number of carbonyl (C=O) groups is 2. The van der Waals surface area contributed by atoms with Crippen LogP contribution in [-0.2, 0) is 32.2 Å². The van der Waals surface area contributed by atoms with Gasteiger partial charge in [-0.2, -0.15) is 0 Å². The normalized spacial score (nSPS) is 22.9. The molecular weight excluding hydrogens is 568 g/mol. The average molecular weight is 603 g/mol. The predicted molar refractivity (Wildman–Crippen MR) is 158 cm³/mol. The van der Waals surface area contributed by atoms with Crippen molar-refractivity contribution in [2.75, 3.05) is 26.9 Å². The number of benzene rings is 3. The molecule has 230 valence electrons. The van der Waals surface area contributed by atoms with Gasteiger partial charge in [0.1, 0.15) is 30.1 Å². The minimum atomic E-state index is -1.29. The van der Waals surface area contributed by atoms with Crippen LogP contribution in [0.4, 0.5) is 0 Å². The van der Waals surface area contributed by atoms with Crippen LogP contribution in [0.2, 0.25) is 0 Å². The Morgan fingerprint density at radius 1 is 0.909 bits per heavy atom. The van der Waals surface area contributed by atoms with E-state index in [2.05, 4.69) is 10.0 Å². The van der Waals surface area contributed by atoms with Crippen LogP contribution in [0.3, 0.4) is 0 Å². The summed E-state index contributed by atoms with van der Waals surface area (Å²) in [4.78, 5) is 31.1. The molecule has 2 aliphatic heterocycles. The fourth-order valence-corrected chi connectivity index (χ4v) is 5.28. The smallest absolute Gasteiger partial charge is 0.262 e. The maximum Gasteiger partial charge on any atom is 0.262 e. The number of hydrogen-bond donors (Lipinski definition) is 1. The second kappa shape index (κ2) is 14.9. The van der Waals surface area contributed by atoms with Gasteiger partial charge in [0.05, 0.1) is 38.1 Å². The van der Waals surface area contributed by atoms with Crippen LogP contribution in [0, 0.1) is 0 Å². The highest BCUT2D eigenvalue weighted by Gasteiger charge is 2.54. The molecule has 1 fully saturated rings. The molecular formula is C32H34N4O8. The Labute approximate surface area is 254 Å². The average Bonchev–Trinajstić information content (AvgIpc) is 3.31. The number of azide groups is 1. The van der Waals surface area contributed by atoms with Crippen LogP contribution in [-0.4, -0.2) is 79.3 Å². The van der Waals surface area contributed by atoms with Gasteiger partial charge in [-0.1, -0.05) is 59.7 Å². The van der Waals surface area contributed by atoms with E-state index >= 15 is 0 Å². The molecule has 0 radical (unpaired) electrons. The number of imide groups is 1. The molecule has 3 aromatic carbocycles. The highest BCUT2D eigenvalue weighted by molar-refractivity contribution is 6.21. The molecule has 0 saturated carbocycles. The molecule has 12 heteroatoms. The van der Waals surface area contributed by atoms with Gasteiger partial charge in [-0.15, -0.1) is 0 Å². The molecule has 0 spiro atoms. The third-order valence-corrected chi connectivity index (χ3v) is 7.51. The van der Waals surface area contributed by atoms with Crippen LogP contribution in [0.15, 0.2) is 84.0 Å². The van der Waals surface area contributed by atoms with Crippen molar-refractivity contribution >= 4 is 11.8 Å². The molecule has 1 saturated heterocycles. The summed E-state index contributed by atoms with van der Waals surface area (Å²) in [6.07, 6.45) is -4.10. The number of rotatable bonds is 14. The molecule has 5 atom stereocenters. The summed E-state index contributed by atoms with van der Waals surface area (Å²) in [5, 5.41) is 15.2. The van der Waals surface area contributed by atoms with Crippen molar-refractivity contribution in [1.29, 1.82) is 0 Å². The first kappa shape index (κ1) is 31.1. The van der Waals surface area contributed by atoms with Gasteiger partial charge in [0.2, 0.25) is 0 Å². The molecule has 2 amide bonds. The summed E-state index contributed by atoms with van der Waals surface area (Å²) in [7, 11) is 1.57. The van der Waals surface area contributed by atoms with E-state index in [0.717, 1.165) is 16.0 Å². The quantitative estimate of drug-likeness (QED) is 0.0944. The second-order valence-corrected chi connectivity index (χ2v) is 10.4. The van der Waals surface area contributed by atoms with Gasteiger partial charge in [0.25, 0.3) is 11.8 Å². The lowest BCUT2D eigenvalue weighted by atomic mass is 9.95. The maximum atomic E-state index is 13.6. The topological polar surface area (TPSA) is 153 Å². The molecule has 0 unspecified atom stereocenters. The van der Waals surface area contributed by atoms with Crippen molar-refractivity contribution in [1.82, 2.24) is 4.90 Å². The number of amides is 2. The van der Waals surface area contributed by atoms with Crippen molar-refractivity contribution < 1.29 is 38.4 Å². The van der Waals surface area contributed by atoms with Crippen LogP contribution >= 0.6 is 0 Å². The first-order valence-corrected chi connectivity index (χ1v) is 14.3. The van der Waals surface area contributed by atoms with E-state index in [1.54, 1.807) is 43.5 Å². The number of nitrogens with zero attached hydrogens (tertiary/aromatic N) is 4. The lowest BCUT2D eigenvalue weighted by Crippen LogP contribution is -2.66. The zero-order valence-electron chi connectivity index (χ0n) is 24.2. The summed E-state index contributed by atoms with van der Waals surface area (Å²) in [6, 6.07) is 22.2. The van der Waals surface area contributed by atoms with E-state index in [4.69, 9.17) is 29.2 Å². The lowest BCUT2D eigenvalue weighted by Gasteiger charge is -2.46. The Balaban J connectivity index is 1.43. The second-order valence-electron chi connectivity index (χ2n) is 10.4. The number of ether oxygens (including phenoxy) is 5. The Kier molecular flexibility index (Phi) is 10.6. The fraction of sp³-hybridized carbons (Fsp3) is 0.375. The molecule has 1 N–H and O–H groups in total. The van der Waals surface area contributed by atoms with Crippen molar-refractivity contribution in [3.8, 4) is 5.75 Å². The first-order chi connectivity index (χ1) is 21.5. The van der Waals surface area contributed by atoms with Gasteiger partial charge in [-0.25, -0.2) is 0 Å². The van der Waals surface area contributed by atoms with Gasteiger partial charge in [-0.3, -0.25) is 14.5 Å². The fourth-order valence-electron chi connectivity index (χ4n) is 5.28. The van der Waals surface area contributed by atoms with E-state index in [1.165, 1.54) is 0 Å². The van der Waals surface area contributed by atoms with Gasteiger partial charge in [0.15, 0.2) is 6.29 Å². The number of carbonyl (C=O) groups excluding carboxylic acids is 2. The van der Waals surface area contributed by atoms with Crippen LogP contribution < -0.4 is 4.74 Å². The van der Waals surface area contributed by atoms with E-state index in [-0.39, 0.29) is 44.1 Å². The van der Waals surface area contributed by atoms with E-state index < -0.39 is 42.5 Å². The van der Waals surface area contributed by atoms with Crippen molar-refractivity contribution in [3.05, 3.63) is 112 Å². The summed E-state index contributed by atoms with van der Waals surface area (Å²) in [5.41, 5.74) is 10.9. The Bertz CT molecular complexity index is 1430. The van der Waals surface area contributed by atoms with Gasteiger partial charge in [0, 0.05) is 18.1 Å². The minimum Gasteiger partial charge on any atom is -0.497 e. The largest absolute Gasteiger partial charge is 0.497 e. The monoisotopic (exact) mass is 602 g/mol. The van der Waals surface area contributed by atoms with Crippen LogP contribution in [0.5, 0.6) is 5.75 Å². The number of aliphatic hydroxyl groups is 1. The zero-order valence-corrected chi connectivity index (χ0v) is 24.2. The number of aliphatic hydroxyl groups excluding tert-OH is 1. The first-order valence-electron chi connectivity index (χ1n) is 14.3. The SMILES string of the molecule is COc1ccc(CO[C@H]2[C@H](O)[C@@H](COCc3ccccc3)O[C@@H](OCCCN=[N+]=[N-])[C@@H]2N2C(=O)c3ccccc3C2=O)cc1. The molecule has 3 aromatic rings. The summed E-state index contributed by atoms with van der Waals surface area (Å²) in [5.74, 6) is -0.398. The summed E-state index contributed by atoms with van der Waals surface area (Å²) >= 11 is 0. The molecule has 2 aliphatic rings. The Hall–Kier alpha value is -4.29.